The molecule has 0 saturated carbocycles. The van der Waals surface area contributed by atoms with Crippen molar-refractivity contribution >= 4 is 12.4 Å². The lowest BCUT2D eigenvalue weighted by Crippen LogP contribution is -2.13. The molecule has 1 heterocycles. The standard InChI is InChI=1S/C23H28N2O6/c26-22-18-4-1-6-20(22)30-14-12-28-10-11-29-13-15-31-21-7-2-5-19(23(21)27)17-25-9-3-8-24-16-18/h1-2,4-7,16-17,26-27H,3,8-15H2. The van der Waals surface area contributed by atoms with E-state index in [2.05, 4.69) is 9.98 Å². The lowest BCUT2D eigenvalue weighted by Gasteiger charge is -2.11. The molecule has 2 aromatic carbocycles. The fourth-order valence-corrected chi connectivity index (χ4v) is 2.84. The molecule has 0 unspecified atom stereocenters. The average molecular weight is 428 g/mol. The van der Waals surface area contributed by atoms with E-state index in [1.165, 1.54) is 0 Å². The van der Waals surface area contributed by atoms with E-state index in [1.807, 2.05) is 0 Å². The third-order valence-electron chi connectivity index (χ3n) is 4.44. The van der Waals surface area contributed by atoms with Crippen molar-refractivity contribution in [3.63, 3.8) is 0 Å². The second kappa shape index (κ2) is 12.6. The summed E-state index contributed by atoms with van der Waals surface area (Å²) in [6, 6.07) is 10.6. The van der Waals surface area contributed by atoms with E-state index in [4.69, 9.17) is 18.9 Å². The van der Waals surface area contributed by atoms with Crippen LogP contribution in [0.5, 0.6) is 23.0 Å². The summed E-state index contributed by atoms with van der Waals surface area (Å²) >= 11 is 0. The van der Waals surface area contributed by atoms with Crippen molar-refractivity contribution in [2.24, 2.45) is 9.98 Å². The van der Waals surface area contributed by atoms with Crippen molar-refractivity contribution in [2.45, 2.75) is 6.42 Å². The van der Waals surface area contributed by atoms with Crippen LogP contribution in [0, 0.1) is 0 Å². The molecular weight excluding hydrogens is 400 g/mol. The Bertz CT molecular complexity index is 813. The van der Waals surface area contributed by atoms with E-state index in [-0.39, 0.29) is 11.5 Å². The predicted octanol–water partition coefficient (Wildman–Crippen LogP) is 2.83. The number of phenolic OH excluding ortho intramolecular Hbond substituents is 2. The minimum Gasteiger partial charge on any atom is -0.504 e. The highest BCUT2D eigenvalue weighted by molar-refractivity contribution is 5.85. The molecule has 31 heavy (non-hydrogen) atoms. The van der Waals surface area contributed by atoms with Gasteiger partial charge in [0.25, 0.3) is 0 Å². The minimum absolute atomic E-state index is 0.0568. The Kier molecular flexibility index (Phi) is 9.15. The lowest BCUT2D eigenvalue weighted by atomic mass is 10.2. The van der Waals surface area contributed by atoms with Crippen molar-refractivity contribution < 1.29 is 29.2 Å². The maximum atomic E-state index is 10.4. The number of rotatable bonds is 0. The molecule has 0 aliphatic carbocycles. The van der Waals surface area contributed by atoms with Crippen LogP contribution in [0.15, 0.2) is 46.4 Å². The summed E-state index contributed by atoms with van der Waals surface area (Å²) in [6.07, 6.45) is 3.99. The summed E-state index contributed by atoms with van der Waals surface area (Å²) in [5, 5.41) is 20.7. The van der Waals surface area contributed by atoms with Gasteiger partial charge in [-0.25, -0.2) is 0 Å². The monoisotopic (exact) mass is 428 g/mol. The predicted molar refractivity (Wildman–Crippen MR) is 118 cm³/mol. The van der Waals surface area contributed by atoms with Crippen LogP contribution in [0.3, 0.4) is 0 Å². The van der Waals surface area contributed by atoms with Crippen LogP contribution in [0.2, 0.25) is 0 Å². The highest BCUT2D eigenvalue weighted by atomic mass is 16.6. The van der Waals surface area contributed by atoms with Gasteiger partial charge >= 0.3 is 0 Å². The summed E-state index contributed by atoms with van der Waals surface area (Å²) in [5.74, 6) is 0.902. The van der Waals surface area contributed by atoms with Gasteiger partial charge < -0.3 is 29.2 Å². The average Bonchev–Trinajstić information content (AvgIpc) is 2.77. The number of aromatic hydroxyl groups is 2. The summed E-state index contributed by atoms with van der Waals surface area (Å²) in [7, 11) is 0. The number of ether oxygens (including phenoxy) is 4. The summed E-state index contributed by atoms with van der Waals surface area (Å²) < 4.78 is 22.1. The zero-order chi connectivity index (χ0) is 21.7. The number of hydrogen-bond donors (Lipinski definition) is 2. The number of phenols is 2. The van der Waals surface area contributed by atoms with Crippen molar-refractivity contribution in [1.29, 1.82) is 0 Å². The SMILES string of the molecule is Oc1c2cccc1OCCOCCOCCOc1cccc(c1O)C=NCCCN=C2. The number of fused-ring (bicyclic) bond motifs is 4. The maximum Gasteiger partial charge on any atom is 0.166 e. The van der Waals surface area contributed by atoms with Gasteiger partial charge in [0.05, 0.1) is 26.4 Å². The number of nitrogens with zero attached hydrogens (tertiary/aromatic N) is 2. The van der Waals surface area contributed by atoms with Crippen molar-refractivity contribution in [3.05, 3.63) is 47.5 Å². The number of para-hydroxylation sites is 2. The Morgan fingerprint density at radius 3 is 1.55 bits per heavy atom. The van der Waals surface area contributed by atoms with E-state index in [9.17, 15) is 10.2 Å². The molecule has 2 N–H and O–H groups in total. The van der Waals surface area contributed by atoms with Crippen LogP contribution in [-0.2, 0) is 9.47 Å². The topological polar surface area (TPSA) is 102 Å². The van der Waals surface area contributed by atoms with Crippen LogP contribution in [-0.4, -0.2) is 75.4 Å². The van der Waals surface area contributed by atoms with Gasteiger partial charge in [0.15, 0.2) is 23.0 Å². The van der Waals surface area contributed by atoms with Gasteiger partial charge in [0.2, 0.25) is 0 Å². The second-order valence-electron chi connectivity index (χ2n) is 6.73. The third-order valence-corrected chi connectivity index (χ3v) is 4.44. The molecule has 0 spiro atoms. The van der Waals surface area contributed by atoms with Gasteiger partial charge in [-0.3, -0.25) is 9.98 Å². The van der Waals surface area contributed by atoms with Crippen LogP contribution >= 0.6 is 0 Å². The molecule has 2 aromatic rings. The fraction of sp³-hybridized carbons (Fsp3) is 0.391. The molecule has 4 bridgehead atoms. The van der Waals surface area contributed by atoms with Gasteiger partial charge in [-0.1, -0.05) is 12.1 Å². The Balaban J connectivity index is 1.64. The molecule has 3 rings (SSSR count). The molecule has 0 fully saturated rings. The van der Waals surface area contributed by atoms with E-state index in [1.54, 1.807) is 48.8 Å². The zero-order valence-corrected chi connectivity index (χ0v) is 17.4. The molecule has 0 aromatic heterocycles. The molecule has 0 amide bonds. The van der Waals surface area contributed by atoms with E-state index < -0.39 is 0 Å². The highest BCUT2D eigenvalue weighted by Crippen LogP contribution is 2.29. The summed E-state index contributed by atoms with van der Waals surface area (Å²) in [6.45, 7) is 3.32. The Labute approximate surface area is 181 Å². The minimum atomic E-state index is 0.0568. The fourth-order valence-electron chi connectivity index (χ4n) is 2.84. The smallest absolute Gasteiger partial charge is 0.166 e. The second-order valence-corrected chi connectivity index (χ2v) is 6.73. The van der Waals surface area contributed by atoms with Gasteiger partial charge in [-0.15, -0.1) is 0 Å². The third kappa shape index (κ3) is 7.27. The first-order chi connectivity index (χ1) is 15.3. The van der Waals surface area contributed by atoms with Crippen molar-refractivity contribution in [2.75, 3.05) is 52.7 Å². The normalized spacial score (nSPS) is 16.8. The van der Waals surface area contributed by atoms with Gasteiger partial charge in [-0.05, 0) is 30.7 Å². The Morgan fingerprint density at radius 1 is 0.613 bits per heavy atom. The van der Waals surface area contributed by atoms with Gasteiger partial charge in [0, 0.05) is 36.6 Å². The van der Waals surface area contributed by atoms with E-state index >= 15 is 0 Å². The largest absolute Gasteiger partial charge is 0.504 e. The number of aliphatic imine (C=N–C) groups is 2. The van der Waals surface area contributed by atoms with Crippen LogP contribution in [0.4, 0.5) is 0 Å². The number of hydrogen-bond acceptors (Lipinski definition) is 8. The summed E-state index contributed by atoms with van der Waals surface area (Å²) in [4.78, 5) is 8.70. The first kappa shape index (κ1) is 22.6. The molecule has 0 saturated heterocycles. The lowest BCUT2D eigenvalue weighted by molar-refractivity contribution is 0.0269. The van der Waals surface area contributed by atoms with Crippen LogP contribution in [0.25, 0.3) is 0 Å². The molecule has 1 aliphatic heterocycles. The first-order valence-electron chi connectivity index (χ1n) is 10.3. The Hall–Kier alpha value is -3.10. The molecule has 8 heteroatoms. The van der Waals surface area contributed by atoms with E-state index in [0.29, 0.717) is 75.4 Å². The quantitative estimate of drug-likeness (QED) is 0.669. The summed E-state index contributed by atoms with van der Waals surface area (Å²) in [5.41, 5.74) is 1.19. The van der Waals surface area contributed by atoms with Crippen molar-refractivity contribution in [1.82, 2.24) is 0 Å². The van der Waals surface area contributed by atoms with Gasteiger partial charge in [-0.2, -0.15) is 0 Å². The molecule has 0 atom stereocenters. The molecule has 8 nitrogen and oxygen atoms in total. The van der Waals surface area contributed by atoms with Gasteiger partial charge in [0.1, 0.15) is 13.2 Å². The van der Waals surface area contributed by atoms with Crippen molar-refractivity contribution in [3.8, 4) is 23.0 Å². The number of benzene rings is 2. The molecule has 1 aliphatic rings. The van der Waals surface area contributed by atoms with Crippen LogP contribution < -0.4 is 9.47 Å². The first-order valence-corrected chi connectivity index (χ1v) is 10.3. The molecule has 166 valence electrons. The highest BCUT2D eigenvalue weighted by Gasteiger charge is 2.08. The molecular formula is C23H28N2O6. The van der Waals surface area contributed by atoms with E-state index in [0.717, 1.165) is 6.42 Å². The van der Waals surface area contributed by atoms with Crippen LogP contribution in [0.1, 0.15) is 17.5 Å². The zero-order valence-electron chi connectivity index (χ0n) is 17.4. The maximum absolute atomic E-state index is 10.4. The Morgan fingerprint density at radius 2 is 1.06 bits per heavy atom. The molecule has 0 radical (unpaired) electrons.